The van der Waals surface area contributed by atoms with Gasteiger partial charge in [-0.15, -0.1) is 0 Å². The average molecular weight is 545 g/mol. The molecule has 0 bridgehead atoms. The molecular formula is C22H20Cl3N3O5S. The lowest BCUT2D eigenvalue weighted by molar-refractivity contribution is -0.137. The van der Waals surface area contributed by atoms with E-state index in [4.69, 9.17) is 44.6 Å². The molecule has 180 valence electrons. The van der Waals surface area contributed by atoms with E-state index in [1.807, 2.05) is 0 Å². The van der Waals surface area contributed by atoms with E-state index in [0.29, 0.717) is 46.4 Å². The molecule has 1 unspecified atom stereocenters. The second kappa shape index (κ2) is 9.75. The third-order valence-corrected chi connectivity index (χ3v) is 8.52. The fourth-order valence-corrected chi connectivity index (χ4v) is 6.32. The van der Waals surface area contributed by atoms with Crippen molar-refractivity contribution in [2.24, 2.45) is 0 Å². The van der Waals surface area contributed by atoms with Crippen molar-refractivity contribution in [2.45, 2.75) is 36.7 Å². The van der Waals surface area contributed by atoms with Crippen LogP contribution in [0.15, 0.2) is 47.5 Å². The van der Waals surface area contributed by atoms with Gasteiger partial charge in [0.1, 0.15) is 22.9 Å². The number of halogens is 3. The molecular weight excluding hydrogens is 525 g/mol. The molecule has 0 spiro atoms. The number of hydrogen-bond donors (Lipinski definition) is 1. The van der Waals surface area contributed by atoms with Crippen LogP contribution in [0.4, 0.5) is 0 Å². The van der Waals surface area contributed by atoms with Crippen LogP contribution in [0.2, 0.25) is 15.1 Å². The number of fused-ring (bicyclic) bond motifs is 1. The fraction of sp³-hybridized carbons (Fsp3) is 0.273. The molecule has 0 fully saturated rings. The molecule has 0 aliphatic heterocycles. The van der Waals surface area contributed by atoms with Crippen LogP contribution in [0.5, 0.6) is 11.5 Å². The summed E-state index contributed by atoms with van der Waals surface area (Å²) in [6.45, 7) is -0.274. The quantitative estimate of drug-likeness (QED) is 0.426. The number of ether oxygens (including phenoxy) is 1. The van der Waals surface area contributed by atoms with Gasteiger partial charge < -0.3 is 9.84 Å². The lowest BCUT2D eigenvalue weighted by atomic mass is 9.93. The maximum Gasteiger partial charge on any atom is 0.325 e. The molecule has 0 amide bonds. The highest BCUT2D eigenvalue weighted by Gasteiger charge is 2.35. The van der Waals surface area contributed by atoms with Crippen molar-refractivity contribution < 1.29 is 23.1 Å². The number of rotatable bonds is 7. The van der Waals surface area contributed by atoms with E-state index < -0.39 is 22.0 Å². The van der Waals surface area contributed by atoms with Gasteiger partial charge in [-0.2, -0.15) is 9.40 Å². The number of carboxylic acids is 1. The Labute approximate surface area is 211 Å². The summed E-state index contributed by atoms with van der Waals surface area (Å²) in [5.41, 5.74) is 1.43. The van der Waals surface area contributed by atoms with E-state index in [2.05, 4.69) is 5.10 Å². The zero-order chi connectivity index (χ0) is 24.6. The normalized spacial score (nSPS) is 15.9. The van der Waals surface area contributed by atoms with Crippen LogP contribution in [0.3, 0.4) is 0 Å². The molecule has 1 heterocycles. The lowest BCUT2D eigenvalue weighted by Gasteiger charge is -2.31. The first-order valence-corrected chi connectivity index (χ1v) is 12.8. The second-order valence-electron chi connectivity index (χ2n) is 7.80. The van der Waals surface area contributed by atoms with E-state index in [-0.39, 0.29) is 16.5 Å². The Bertz CT molecular complexity index is 1360. The van der Waals surface area contributed by atoms with Crippen molar-refractivity contribution in [1.29, 1.82) is 0 Å². The number of nitrogens with zero attached hydrogens (tertiary/aromatic N) is 3. The Morgan fingerprint density at radius 1 is 1.21 bits per heavy atom. The predicted molar refractivity (Wildman–Crippen MR) is 128 cm³/mol. The Morgan fingerprint density at radius 3 is 2.65 bits per heavy atom. The number of aromatic nitrogens is 2. The van der Waals surface area contributed by atoms with Crippen LogP contribution in [0, 0.1) is 0 Å². The molecule has 12 heteroatoms. The first-order chi connectivity index (χ1) is 16.1. The molecule has 0 radical (unpaired) electrons. The SMILES string of the molecule is CN(C1CCCc2c1cnn2CC(=O)O)S(=O)(=O)c1ccc(Oc2ccc(Cl)cc2Cl)cc1Cl. The van der Waals surface area contributed by atoms with Crippen LogP contribution in [0.25, 0.3) is 0 Å². The van der Waals surface area contributed by atoms with E-state index >= 15 is 0 Å². The van der Waals surface area contributed by atoms with E-state index in [1.165, 1.54) is 40.3 Å². The summed E-state index contributed by atoms with van der Waals surface area (Å²) in [6.07, 6.45) is 3.45. The highest BCUT2D eigenvalue weighted by atomic mass is 35.5. The number of hydrogen-bond acceptors (Lipinski definition) is 5. The maximum atomic E-state index is 13.5. The minimum absolute atomic E-state index is 0.00737. The highest BCUT2D eigenvalue weighted by molar-refractivity contribution is 7.89. The topological polar surface area (TPSA) is 102 Å². The number of benzene rings is 2. The van der Waals surface area contributed by atoms with Gasteiger partial charge in [0.15, 0.2) is 0 Å². The average Bonchev–Trinajstić information content (AvgIpc) is 3.17. The van der Waals surface area contributed by atoms with E-state index in [1.54, 1.807) is 18.3 Å². The van der Waals surface area contributed by atoms with Crippen molar-refractivity contribution in [2.75, 3.05) is 7.05 Å². The van der Waals surface area contributed by atoms with Crippen molar-refractivity contribution in [1.82, 2.24) is 14.1 Å². The smallest absolute Gasteiger partial charge is 0.325 e. The van der Waals surface area contributed by atoms with Crippen molar-refractivity contribution in [3.63, 3.8) is 0 Å². The zero-order valence-electron chi connectivity index (χ0n) is 17.9. The summed E-state index contributed by atoms with van der Waals surface area (Å²) in [6, 6.07) is 8.54. The summed E-state index contributed by atoms with van der Waals surface area (Å²) < 4.78 is 35.3. The van der Waals surface area contributed by atoms with Gasteiger partial charge in [0.05, 0.1) is 22.3 Å². The summed E-state index contributed by atoms with van der Waals surface area (Å²) >= 11 is 18.4. The number of carboxylic acid groups (broad SMARTS) is 1. The second-order valence-corrected chi connectivity index (χ2v) is 11.0. The molecule has 4 rings (SSSR count). The molecule has 1 aromatic heterocycles. The Morgan fingerprint density at radius 2 is 1.97 bits per heavy atom. The molecule has 0 saturated carbocycles. The van der Waals surface area contributed by atoms with Crippen molar-refractivity contribution in [3.05, 3.63) is 68.9 Å². The van der Waals surface area contributed by atoms with Gasteiger partial charge in [-0.3, -0.25) is 9.48 Å². The minimum Gasteiger partial charge on any atom is -0.480 e. The van der Waals surface area contributed by atoms with Crippen molar-refractivity contribution >= 4 is 50.8 Å². The van der Waals surface area contributed by atoms with Crippen LogP contribution in [0.1, 0.15) is 30.1 Å². The molecule has 1 N–H and O–H groups in total. The molecule has 1 aliphatic rings. The predicted octanol–water partition coefficient (Wildman–Crippen LogP) is 5.42. The molecule has 3 aromatic rings. The van der Waals surface area contributed by atoms with Gasteiger partial charge in [0, 0.05) is 29.4 Å². The lowest BCUT2D eigenvalue weighted by Crippen LogP contribution is -2.33. The summed E-state index contributed by atoms with van der Waals surface area (Å²) in [5.74, 6) is -0.350. The van der Waals surface area contributed by atoms with Gasteiger partial charge in [-0.25, -0.2) is 8.42 Å². The Hall–Kier alpha value is -2.30. The zero-order valence-corrected chi connectivity index (χ0v) is 21.0. The van der Waals surface area contributed by atoms with Gasteiger partial charge >= 0.3 is 5.97 Å². The standard InChI is InChI=1S/C22H20Cl3N3O5S/c1-27(18-3-2-4-19-15(18)11-26-28(19)12-22(29)30)34(31,32)21-8-6-14(10-17(21)25)33-20-7-5-13(23)9-16(20)24/h5-11,18H,2-4,12H2,1H3,(H,29,30). The van der Waals surface area contributed by atoms with Crippen LogP contribution in [-0.2, 0) is 27.8 Å². The first-order valence-electron chi connectivity index (χ1n) is 10.2. The summed E-state index contributed by atoms with van der Waals surface area (Å²) in [5, 5.41) is 14.0. The molecule has 8 nitrogen and oxygen atoms in total. The van der Waals surface area contributed by atoms with Crippen LogP contribution < -0.4 is 4.74 Å². The first kappa shape index (κ1) is 24.8. The highest BCUT2D eigenvalue weighted by Crippen LogP contribution is 2.39. The van der Waals surface area contributed by atoms with Crippen molar-refractivity contribution in [3.8, 4) is 11.5 Å². The molecule has 34 heavy (non-hydrogen) atoms. The number of carbonyl (C=O) groups is 1. The molecule has 1 atom stereocenters. The minimum atomic E-state index is -3.98. The van der Waals surface area contributed by atoms with E-state index in [0.717, 1.165) is 5.69 Å². The largest absolute Gasteiger partial charge is 0.480 e. The Kier molecular flexibility index (Phi) is 7.12. The number of sulfonamides is 1. The van der Waals surface area contributed by atoms with Gasteiger partial charge in [0.25, 0.3) is 0 Å². The molecule has 0 saturated heterocycles. The molecule has 1 aliphatic carbocycles. The summed E-state index contributed by atoms with van der Waals surface area (Å²) in [7, 11) is -2.50. The molecule has 2 aromatic carbocycles. The third kappa shape index (κ3) is 4.89. The maximum absolute atomic E-state index is 13.5. The van der Waals surface area contributed by atoms with Gasteiger partial charge in [0.2, 0.25) is 10.0 Å². The van der Waals surface area contributed by atoms with E-state index in [9.17, 15) is 13.2 Å². The monoisotopic (exact) mass is 543 g/mol. The van der Waals surface area contributed by atoms with Crippen LogP contribution in [-0.4, -0.2) is 40.6 Å². The Balaban J connectivity index is 1.60. The fourth-order valence-electron chi connectivity index (χ4n) is 4.00. The number of aliphatic carboxylic acids is 1. The summed E-state index contributed by atoms with van der Waals surface area (Å²) in [4.78, 5) is 11.0. The third-order valence-electron chi connectivity index (χ3n) is 5.64. The van der Waals surface area contributed by atoms with Crippen LogP contribution >= 0.6 is 34.8 Å². The van der Waals surface area contributed by atoms with Gasteiger partial charge in [-0.05, 0) is 49.6 Å². The van der Waals surface area contributed by atoms with Gasteiger partial charge in [-0.1, -0.05) is 34.8 Å².